The molecule has 3 heterocycles. The molecule has 0 aliphatic carbocycles. The van der Waals surface area contributed by atoms with Gasteiger partial charge in [0.25, 0.3) is 0 Å². The Morgan fingerprint density at radius 2 is 2.18 bits per heavy atom. The van der Waals surface area contributed by atoms with Crippen molar-refractivity contribution in [3.63, 3.8) is 0 Å². The maximum atomic E-state index is 12.5. The summed E-state index contributed by atoms with van der Waals surface area (Å²) in [6, 6.07) is 9.43. The summed E-state index contributed by atoms with van der Waals surface area (Å²) in [6.07, 6.45) is 5.92. The predicted octanol–water partition coefficient (Wildman–Crippen LogP) is 4.04. The van der Waals surface area contributed by atoms with Gasteiger partial charge in [-0.3, -0.25) is 9.59 Å². The maximum absolute atomic E-state index is 12.5. The minimum absolute atomic E-state index is 0.0238. The van der Waals surface area contributed by atoms with E-state index in [2.05, 4.69) is 10.3 Å². The number of carbonyl (C=O) groups excluding carboxylic acids is 2. The van der Waals surface area contributed by atoms with Gasteiger partial charge in [-0.1, -0.05) is 23.7 Å². The van der Waals surface area contributed by atoms with Gasteiger partial charge in [-0.25, -0.2) is 4.98 Å². The Labute approximate surface area is 166 Å². The number of carbonyl (C=O) groups is 2. The van der Waals surface area contributed by atoms with Crippen LogP contribution in [0.2, 0.25) is 5.02 Å². The first kappa shape index (κ1) is 18.3. The van der Waals surface area contributed by atoms with E-state index in [-0.39, 0.29) is 18.4 Å². The van der Waals surface area contributed by atoms with Gasteiger partial charge in [0.05, 0.1) is 11.6 Å². The molecule has 2 amide bonds. The average Bonchev–Trinajstić information content (AvgIpc) is 3.01. The van der Waals surface area contributed by atoms with Crippen LogP contribution < -0.4 is 5.32 Å². The third kappa shape index (κ3) is 3.64. The summed E-state index contributed by atoms with van der Waals surface area (Å²) in [4.78, 5) is 29.6. The van der Waals surface area contributed by atoms with Crippen LogP contribution in [0.3, 0.4) is 0 Å². The molecule has 1 aromatic carbocycles. The second-order valence-corrected chi connectivity index (χ2v) is 7.07. The molecule has 2 aromatic heterocycles. The Morgan fingerprint density at radius 3 is 3.00 bits per heavy atom. The number of pyridine rings is 1. The van der Waals surface area contributed by atoms with E-state index in [1.54, 1.807) is 19.3 Å². The lowest BCUT2D eigenvalue weighted by atomic mass is 10.0. The minimum atomic E-state index is -0.178. The number of fused-ring (bicyclic) bond motifs is 2. The molecule has 0 saturated heterocycles. The number of hydrogen-bond acceptors (Lipinski definition) is 4. The predicted molar refractivity (Wildman–Crippen MR) is 108 cm³/mol. The molecule has 6 nitrogen and oxygen atoms in total. The number of rotatable bonds is 4. The van der Waals surface area contributed by atoms with Crippen LogP contribution in [0, 0.1) is 0 Å². The number of nitrogens with one attached hydrogen (secondary N) is 1. The van der Waals surface area contributed by atoms with E-state index >= 15 is 0 Å². The van der Waals surface area contributed by atoms with E-state index in [1.807, 2.05) is 30.3 Å². The van der Waals surface area contributed by atoms with Crippen molar-refractivity contribution in [1.82, 2.24) is 9.88 Å². The number of halogens is 1. The highest BCUT2D eigenvalue weighted by Gasteiger charge is 2.17. The molecule has 0 atom stereocenters. The maximum Gasteiger partial charge on any atom is 0.246 e. The molecule has 0 bridgehead atoms. The van der Waals surface area contributed by atoms with Crippen molar-refractivity contribution in [2.24, 2.45) is 0 Å². The molecule has 1 aliphatic rings. The molecule has 4 rings (SSSR count). The fourth-order valence-corrected chi connectivity index (χ4v) is 3.37. The van der Waals surface area contributed by atoms with E-state index in [0.29, 0.717) is 35.0 Å². The van der Waals surface area contributed by atoms with Crippen molar-refractivity contribution in [3.05, 3.63) is 64.5 Å². The fourth-order valence-electron chi connectivity index (χ4n) is 3.12. The van der Waals surface area contributed by atoms with E-state index in [4.69, 9.17) is 16.0 Å². The molecule has 0 unspecified atom stereocenters. The highest BCUT2D eigenvalue weighted by Crippen LogP contribution is 2.31. The molecular weight excluding hydrogens is 378 g/mol. The van der Waals surface area contributed by atoms with E-state index in [1.165, 1.54) is 11.0 Å². The van der Waals surface area contributed by atoms with Crippen molar-refractivity contribution in [1.29, 1.82) is 0 Å². The topological polar surface area (TPSA) is 75.4 Å². The fraction of sp³-hybridized carbons (Fsp3) is 0.190. The number of likely N-dealkylation sites (N-methyl/N-ethyl adjacent to an activating group) is 1. The van der Waals surface area contributed by atoms with Crippen LogP contribution in [0.1, 0.15) is 23.3 Å². The molecule has 1 aliphatic heterocycles. The van der Waals surface area contributed by atoms with Crippen LogP contribution in [0.5, 0.6) is 0 Å². The Morgan fingerprint density at radius 1 is 1.36 bits per heavy atom. The summed E-state index contributed by atoms with van der Waals surface area (Å²) in [6.45, 7) is 0.269. The third-order valence-electron chi connectivity index (χ3n) is 4.64. The SMILES string of the molecule is CN(Cc1oc2ccccc2c1Cl)C(=O)/C=C/c1cnc2c(c1)CCC(=O)N2. The zero-order valence-electron chi connectivity index (χ0n) is 15.2. The van der Waals surface area contributed by atoms with Crippen LogP contribution in [-0.4, -0.2) is 28.7 Å². The van der Waals surface area contributed by atoms with Gasteiger partial charge >= 0.3 is 0 Å². The summed E-state index contributed by atoms with van der Waals surface area (Å²) in [5, 5.41) is 4.11. The Hall–Kier alpha value is -3.12. The number of aryl methyl sites for hydroxylation is 1. The first-order chi connectivity index (χ1) is 13.5. The van der Waals surface area contributed by atoms with Gasteiger partial charge in [-0.2, -0.15) is 0 Å². The smallest absolute Gasteiger partial charge is 0.246 e. The number of hydrogen-bond donors (Lipinski definition) is 1. The Bertz CT molecular complexity index is 1100. The van der Waals surface area contributed by atoms with Crippen molar-refractivity contribution in [2.45, 2.75) is 19.4 Å². The lowest BCUT2D eigenvalue weighted by Gasteiger charge is -2.16. The van der Waals surface area contributed by atoms with Crippen LogP contribution in [0.4, 0.5) is 5.82 Å². The van der Waals surface area contributed by atoms with Crippen LogP contribution >= 0.6 is 11.6 Å². The van der Waals surface area contributed by atoms with Gasteiger partial charge < -0.3 is 14.6 Å². The number of nitrogens with zero attached hydrogens (tertiary/aromatic N) is 2. The molecule has 0 radical (unpaired) electrons. The molecule has 0 spiro atoms. The molecule has 0 saturated carbocycles. The first-order valence-electron chi connectivity index (χ1n) is 8.89. The number of amides is 2. The number of para-hydroxylation sites is 1. The number of benzene rings is 1. The molecule has 142 valence electrons. The average molecular weight is 396 g/mol. The Kier molecular flexibility index (Phi) is 4.88. The number of anilines is 1. The van der Waals surface area contributed by atoms with Crippen molar-refractivity contribution in [3.8, 4) is 0 Å². The second kappa shape index (κ2) is 7.48. The van der Waals surface area contributed by atoms with Crippen LogP contribution in [0.25, 0.3) is 17.0 Å². The zero-order valence-corrected chi connectivity index (χ0v) is 16.0. The standard InChI is InChI=1S/C21H18ClN3O3/c1-25(12-17-20(22)15-4-2-3-5-16(15)28-17)19(27)9-6-13-10-14-7-8-18(26)24-21(14)23-11-13/h2-6,9-11H,7-8,12H2,1H3,(H,23,24,26)/b9-6+. The molecule has 28 heavy (non-hydrogen) atoms. The Balaban J connectivity index is 1.45. The molecular formula is C21H18ClN3O3. The monoisotopic (exact) mass is 395 g/mol. The zero-order chi connectivity index (χ0) is 19.7. The summed E-state index contributed by atoms with van der Waals surface area (Å²) in [7, 11) is 1.69. The van der Waals surface area contributed by atoms with Crippen molar-refractivity contribution in [2.75, 3.05) is 12.4 Å². The van der Waals surface area contributed by atoms with Gasteiger partial charge in [-0.05, 0) is 41.8 Å². The quantitative estimate of drug-likeness (QED) is 0.676. The normalized spacial score (nSPS) is 13.6. The number of furan rings is 1. The van der Waals surface area contributed by atoms with E-state index < -0.39 is 0 Å². The second-order valence-electron chi connectivity index (χ2n) is 6.69. The number of aromatic nitrogens is 1. The third-order valence-corrected chi connectivity index (χ3v) is 5.06. The van der Waals surface area contributed by atoms with E-state index in [9.17, 15) is 9.59 Å². The summed E-state index contributed by atoms with van der Waals surface area (Å²) in [5.74, 6) is 0.946. The summed E-state index contributed by atoms with van der Waals surface area (Å²) in [5.41, 5.74) is 2.47. The highest BCUT2D eigenvalue weighted by molar-refractivity contribution is 6.36. The van der Waals surface area contributed by atoms with Crippen LogP contribution in [-0.2, 0) is 22.6 Å². The van der Waals surface area contributed by atoms with Gasteiger partial charge in [0.15, 0.2) is 0 Å². The van der Waals surface area contributed by atoms with Gasteiger partial charge in [0, 0.05) is 31.1 Å². The van der Waals surface area contributed by atoms with Gasteiger partial charge in [0.1, 0.15) is 17.2 Å². The summed E-state index contributed by atoms with van der Waals surface area (Å²) >= 11 is 6.37. The minimum Gasteiger partial charge on any atom is -0.458 e. The lowest BCUT2D eigenvalue weighted by molar-refractivity contribution is -0.125. The van der Waals surface area contributed by atoms with E-state index in [0.717, 1.165) is 16.5 Å². The van der Waals surface area contributed by atoms with Gasteiger partial charge in [0.2, 0.25) is 11.8 Å². The van der Waals surface area contributed by atoms with Gasteiger partial charge in [-0.15, -0.1) is 0 Å². The van der Waals surface area contributed by atoms with Crippen LogP contribution in [0.15, 0.2) is 47.0 Å². The highest BCUT2D eigenvalue weighted by atomic mass is 35.5. The molecule has 7 heteroatoms. The van der Waals surface area contributed by atoms with Crippen molar-refractivity contribution >= 4 is 46.3 Å². The summed E-state index contributed by atoms with van der Waals surface area (Å²) < 4.78 is 5.76. The molecule has 3 aromatic rings. The largest absolute Gasteiger partial charge is 0.458 e. The molecule has 0 fully saturated rings. The van der Waals surface area contributed by atoms with Crippen molar-refractivity contribution < 1.29 is 14.0 Å². The molecule has 1 N–H and O–H groups in total. The lowest BCUT2D eigenvalue weighted by Crippen LogP contribution is -2.24. The first-order valence-corrected chi connectivity index (χ1v) is 9.27.